The summed E-state index contributed by atoms with van der Waals surface area (Å²) in [4.78, 5) is 23.9. The fraction of sp³-hybridized carbons (Fsp3) is 0.154. The molecule has 0 spiro atoms. The summed E-state index contributed by atoms with van der Waals surface area (Å²) < 4.78 is 8.10. The molecule has 21 heavy (non-hydrogen) atoms. The molecule has 3 aromatic heterocycles. The minimum absolute atomic E-state index is 0.0916. The van der Waals surface area contributed by atoms with Gasteiger partial charge in [0.15, 0.2) is 5.76 Å². The first-order valence-corrected chi connectivity index (χ1v) is 6.23. The van der Waals surface area contributed by atoms with Gasteiger partial charge in [-0.15, -0.1) is 0 Å². The summed E-state index contributed by atoms with van der Waals surface area (Å²) in [6.45, 7) is 2.02. The summed E-state index contributed by atoms with van der Waals surface area (Å²) in [7, 11) is 0. The zero-order chi connectivity index (χ0) is 15.0. The number of amides is 1. The van der Waals surface area contributed by atoms with Crippen LogP contribution in [-0.4, -0.2) is 20.1 Å². The van der Waals surface area contributed by atoms with E-state index in [2.05, 4.69) is 5.10 Å². The minimum atomic E-state index is -0.538. The third kappa shape index (κ3) is 2.21. The van der Waals surface area contributed by atoms with Crippen LogP contribution in [0.3, 0.4) is 0 Å². The van der Waals surface area contributed by atoms with Crippen LogP contribution in [0.1, 0.15) is 21.8 Å². The van der Waals surface area contributed by atoms with Crippen LogP contribution in [0, 0.1) is 6.92 Å². The van der Waals surface area contributed by atoms with E-state index in [9.17, 15) is 9.59 Å². The van der Waals surface area contributed by atoms with Crippen molar-refractivity contribution in [3.8, 4) is 0 Å². The average molecular weight is 287 g/mol. The van der Waals surface area contributed by atoms with Crippen molar-refractivity contribution in [3.05, 3.63) is 58.2 Å². The number of nitrogen functional groups attached to an aromatic ring is 1. The molecule has 1 amide bonds. The van der Waals surface area contributed by atoms with Gasteiger partial charge >= 0.3 is 5.91 Å². The SMILES string of the molecule is Cc1cc2c(=O)n(Cc3ccoc3C(=O)NN)ccn2n1. The Kier molecular flexibility index (Phi) is 3.07. The molecule has 3 rings (SSSR count). The Morgan fingerprint density at radius 3 is 3.05 bits per heavy atom. The van der Waals surface area contributed by atoms with Gasteiger partial charge in [0, 0.05) is 18.0 Å². The molecular weight excluding hydrogens is 274 g/mol. The van der Waals surface area contributed by atoms with Crippen LogP contribution < -0.4 is 16.8 Å². The third-order valence-corrected chi connectivity index (χ3v) is 3.15. The van der Waals surface area contributed by atoms with Crippen molar-refractivity contribution >= 4 is 11.4 Å². The lowest BCUT2D eigenvalue weighted by atomic mass is 10.2. The van der Waals surface area contributed by atoms with Crippen molar-refractivity contribution in [3.63, 3.8) is 0 Å². The number of hydrazine groups is 1. The molecule has 0 aliphatic rings. The van der Waals surface area contributed by atoms with Crippen LogP contribution in [0.25, 0.3) is 5.52 Å². The fourth-order valence-corrected chi connectivity index (χ4v) is 2.18. The molecule has 8 heteroatoms. The Bertz CT molecular complexity index is 873. The van der Waals surface area contributed by atoms with E-state index in [1.807, 2.05) is 12.3 Å². The van der Waals surface area contributed by atoms with Crippen molar-refractivity contribution in [1.29, 1.82) is 0 Å². The normalized spacial score (nSPS) is 11.0. The molecule has 3 heterocycles. The fourth-order valence-electron chi connectivity index (χ4n) is 2.18. The number of aryl methyl sites for hydroxylation is 1. The highest BCUT2D eigenvalue weighted by atomic mass is 16.3. The van der Waals surface area contributed by atoms with E-state index < -0.39 is 5.91 Å². The van der Waals surface area contributed by atoms with Gasteiger partial charge in [-0.25, -0.2) is 10.4 Å². The van der Waals surface area contributed by atoms with Crippen molar-refractivity contribution in [1.82, 2.24) is 19.6 Å². The number of nitrogens with zero attached hydrogens (tertiary/aromatic N) is 3. The molecule has 0 aromatic carbocycles. The van der Waals surface area contributed by atoms with Gasteiger partial charge in [0.1, 0.15) is 5.52 Å². The Morgan fingerprint density at radius 2 is 2.29 bits per heavy atom. The summed E-state index contributed by atoms with van der Waals surface area (Å²) in [5.74, 6) is 4.65. The Labute approximate surface area is 118 Å². The van der Waals surface area contributed by atoms with Gasteiger partial charge < -0.3 is 8.98 Å². The second-order valence-corrected chi connectivity index (χ2v) is 4.60. The van der Waals surface area contributed by atoms with E-state index in [1.165, 1.54) is 15.3 Å². The quantitative estimate of drug-likeness (QED) is 0.402. The van der Waals surface area contributed by atoms with Gasteiger partial charge in [-0.05, 0) is 19.1 Å². The second kappa shape index (κ2) is 4.91. The van der Waals surface area contributed by atoms with Crippen LogP contribution in [0.2, 0.25) is 0 Å². The first kappa shape index (κ1) is 13.1. The zero-order valence-electron chi connectivity index (χ0n) is 11.2. The standard InChI is InChI=1S/C13H13N5O3/c1-8-6-10-13(20)17(3-4-18(10)16-8)7-9-2-5-21-11(9)12(19)15-14/h2-6H,7,14H2,1H3,(H,15,19). The van der Waals surface area contributed by atoms with Gasteiger partial charge in [-0.2, -0.15) is 5.10 Å². The van der Waals surface area contributed by atoms with Crippen molar-refractivity contribution in [2.45, 2.75) is 13.5 Å². The molecule has 0 fully saturated rings. The molecule has 0 aliphatic heterocycles. The highest BCUT2D eigenvalue weighted by molar-refractivity contribution is 5.92. The molecule has 0 radical (unpaired) electrons. The van der Waals surface area contributed by atoms with Gasteiger partial charge in [0.25, 0.3) is 5.56 Å². The van der Waals surface area contributed by atoms with Crippen LogP contribution in [0.5, 0.6) is 0 Å². The molecule has 0 unspecified atom stereocenters. The lowest BCUT2D eigenvalue weighted by molar-refractivity contribution is 0.0924. The Balaban J connectivity index is 2.03. The van der Waals surface area contributed by atoms with Gasteiger partial charge in [-0.1, -0.05) is 0 Å². The van der Waals surface area contributed by atoms with Crippen LogP contribution in [-0.2, 0) is 6.54 Å². The number of nitrogens with two attached hydrogens (primary N) is 1. The number of nitrogens with one attached hydrogen (secondary N) is 1. The molecule has 3 N–H and O–H groups in total. The van der Waals surface area contributed by atoms with Gasteiger partial charge in [0.2, 0.25) is 0 Å². The van der Waals surface area contributed by atoms with Crippen LogP contribution >= 0.6 is 0 Å². The Morgan fingerprint density at radius 1 is 1.48 bits per heavy atom. The van der Waals surface area contributed by atoms with Crippen molar-refractivity contribution in [2.24, 2.45) is 5.84 Å². The predicted molar refractivity (Wildman–Crippen MR) is 73.7 cm³/mol. The largest absolute Gasteiger partial charge is 0.459 e. The van der Waals surface area contributed by atoms with Gasteiger partial charge in [0.05, 0.1) is 18.5 Å². The maximum absolute atomic E-state index is 12.4. The number of carbonyl (C=O) groups is 1. The molecule has 0 bridgehead atoms. The molecule has 0 saturated carbocycles. The van der Waals surface area contributed by atoms with E-state index in [1.54, 1.807) is 24.5 Å². The second-order valence-electron chi connectivity index (χ2n) is 4.60. The van der Waals surface area contributed by atoms with E-state index in [0.717, 1.165) is 5.69 Å². The first-order valence-electron chi connectivity index (χ1n) is 6.23. The zero-order valence-corrected chi connectivity index (χ0v) is 11.2. The number of hydrogen-bond acceptors (Lipinski definition) is 5. The average Bonchev–Trinajstić information content (AvgIpc) is 3.07. The summed E-state index contributed by atoms with van der Waals surface area (Å²) >= 11 is 0. The van der Waals surface area contributed by atoms with Crippen LogP contribution in [0.4, 0.5) is 0 Å². The molecule has 0 aliphatic carbocycles. The number of carbonyl (C=O) groups excluding carboxylic acids is 1. The smallest absolute Gasteiger partial charge is 0.301 e. The summed E-state index contributed by atoms with van der Waals surface area (Å²) in [5, 5.41) is 4.18. The number of fused-ring (bicyclic) bond motifs is 1. The van der Waals surface area contributed by atoms with Gasteiger partial charge in [-0.3, -0.25) is 15.0 Å². The molecular formula is C13H13N5O3. The maximum Gasteiger partial charge on any atom is 0.301 e. The summed E-state index contributed by atoms with van der Waals surface area (Å²) in [5.41, 5.74) is 3.62. The number of furan rings is 1. The lowest BCUT2D eigenvalue weighted by Gasteiger charge is -2.06. The van der Waals surface area contributed by atoms with E-state index in [0.29, 0.717) is 11.1 Å². The van der Waals surface area contributed by atoms with Crippen molar-refractivity contribution in [2.75, 3.05) is 0 Å². The molecule has 3 aromatic rings. The third-order valence-electron chi connectivity index (χ3n) is 3.15. The minimum Gasteiger partial charge on any atom is -0.459 e. The maximum atomic E-state index is 12.4. The number of hydrogen-bond donors (Lipinski definition) is 2. The molecule has 0 atom stereocenters. The van der Waals surface area contributed by atoms with Crippen LogP contribution in [0.15, 0.2) is 40.0 Å². The monoisotopic (exact) mass is 287 g/mol. The Hall–Kier alpha value is -2.87. The number of aromatic nitrogens is 3. The topological polar surface area (TPSA) is 108 Å². The number of rotatable bonds is 3. The lowest BCUT2D eigenvalue weighted by Crippen LogP contribution is -2.31. The predicted octanol–water partition coefficient (Wildman–Crippen LogP) is 0.0492. The summed E-state index contributed by atoms with van der Waals surface area (Å²) in [6, 6.07) is 3.34. The first-order chi connectivity index (χ1) is 10.1. The van der Waals surface area contributed by atoms with E-state index >= 15 is 0 Å². The summed E-state index contributed by atoms with van der Waals surface area (Å²) in [6.07, 6.45) is 4.68. The van der Waals surface area contributed by atoms with E-state index in [4.69, 9.17) is 10.3 Å². The molecule has 108 valence electrons. The van der Waals surface area contributed by atoms with Crippen molar-refractivity contribution < 1.29 is 9.21 Å². The molecule has 0 saturated heterocycles. The highest BCUT2D eigenvalue weighted by Crippen LogP contribution is 2.11. The van der Waals surface area contributed by atoms with E-state index in [-0.39, 0.29) is 17.9 Å². The molecule has 8 nitrogen and oxygen atoms in total. The highest BCUT2D eigenvalue weighted by Gasteiger charge is 2.15.